The minimum Gasteiger partial charge on any atom is -0.390 e. The molecule has 534 valence electrons. The molecule has 35 heteroatoms. The average molecular weight is 1420 g/mol. The molecule has 0 radical (unpaired) electrons. The van der Waals surface area contributed by atoms with E-state index in [0.29, 0.717) is 29.9 Å². The van der Waals surface area contributed by atoms with Crippen LogP contribution in [0.4, 0.5) is 17.1 Å². The first-order valence-electron chi connectivity index (χ1n) is 31.3. The van der Waals surface area contributed by atoms with Crippen molar-refractivity contribution in [2.24, 2.45) is 11.8 Å². The van der Waals surface area contributed by atoms with E-state index in [1.165, 1.54) is 32.1 Å². The van der Waals surface area contributed by atoms with Crippen molar-refractivity contribution in [3.8, 4) is 18.2 Å². The van der Waals surface area contributed by atoms with Gasteiger partial charge in [0.05, 0.1) is 38.6 Å². The number of morpholine rings is 2. The zero-order chi connectivity index (χ0) is 70.8. The van der Waals surface area contributed by atoms with Crippen LogP contribution in [-0.2, 0) is 53.8 Å². The average Bonchev–Trinajstić information content (AvgIpc) is 0.939. The Kier molecular flexibility index (Phi) is 29.2. The Balaban J connectivity index is 0.000000205. The maximum absolute atomic E-state index is 12.6. The van der Waals surface area contributed by atoms with Gasteiger partial charge in [-0.3, -0.25) is 4.90 Å². The van der Waals surface area contributed by atoms with Gasteiger partial charge in [0.25, 0.3) is 30.1 Å². The van der Waals surface area contributed by atoms with Crippen LogP contribution in [0.3, 0.4) is 0 Å². The van der Waals surface area contributed by atoms with Crippen LogP contribution in [0.1, 0.15) is 30.5 Å². The van der Waals surface area contributed by atoms with Crippen LogP contribution in [0.25, 0.3) is 18.2 Å². The van der Waals surface area contributed by atoms with Gasteiger partial charge in [-0.15, -0.1) is 0 Å². The normalized spacial score (nSPS) is 29.7. The van der Waals surface area contributed by atoms with Crippen molar-refractivity contribution in [2.75, 3.05) is 134 Å². The molecule has 6 aliphatic heterocycles. The molecule has 0 bridgehead atoms. The fraction of sp³-hybridized carbons (Fsp3) is 0.565. The van der Waals surface area contributed by atoms with Crippen molar-refractivity contribution in [2.45, 2.75) is 93.8 Å². The molecule has 6 heterocycles. The van der Waals surface area contributed by atoms with E-state index < -0.39 is 156 Å². The third kappa shape index (κ3) is 21.9. The fourth-order valence-electron chi connectivity index (χ4n) is 10.7. The number of nitriles is 3. The number of piperazine rings is 1. The van der Waals surface area contributed by atoms with Crippen LogP contribution in [0.5, 0.6) is 0 Å². The molecule has 6 aliphatic rings. The molecule has 3 aromatic rings. The number of nitrogens with one attached hydrogen (secondary N) is 4. The summed E-state index contributed by atoms with van der Waals surface area (Å²) < 4.78 is 108. The summed E-state index contributed by atoms with van der Waals surface area (Å²) in [5.74, 6) is -1.45. The number of allylic oxidation sites excluding steroid dienone is 3. The molecular weight excluding hydrogens is 1330 g/mol. The van der Waals surface area contributed by atoms with Crippen molar-refractivity contribution in [1.29, 1.82) is 15.8 Å². The fourth-order valence-corrected chi connectivity index (χ4v) is 13.6. The third-order valence-corrected chi connectivity index (χ3v) is 21.1. The predicted molar refractivity (Wildman–Crippen MR) is 352 cm³/mol. The van der Waals surface area contributed by atoms with Crippen LogP contribution in [0.15, 0.2) is 87.5 Å². The lowest BCUT2D eigenvalue weighted by Crippen LogP contribution is -2.59. The summed E-state index contributed by atoms with van der Waals surface area (Å²) in [5.41, 5.74) is 4.45. The molecule has 0 aliphatic carbocycles. The Morgan fingerprint density at radius 2 is 0.804 bits per heavy atom. The second-order valence-corrected chi connectivity index (χ2v) is 29.0. The minimum absolute atomic E-state index is 0.417. The Morgan fingerprint density at radius 1 is 0.464 bits per heavy atom. The smallest absolute Gasteiger partial charge is 0.250 e. The van der Waals surface area contributed by atoms with Gasteiger partial charge in [-0.25, -0.2) is 39.4 Å². The van der Waals surface area contributed by atoms with Crippen LogP contribution < -0.4 is 29.3 Å². The number of rotatable bonds is 21. The van der Waals surface area contributed by atoms with Crippen LogP contribution in [0, 0.1) is 45.8 Å². The Bertz CT molecular complexity index is 3600. The lowest BCUT2D eigenvalue weighted by atomic mass is 9.92. The molecule has 15 atom stereocenters. The van der Waals surface area contributed by atoms with Crippen molar-refractivity contribution in [1.82, 2.24) is 24.0 Å². The molecule has 32 nitrogen and oxygen atoms in total. The Labute approximate surface area is 564 Å². The zero-order valence-electron chi connectivity index (χ0n) is 53.7. The number of aliphatic hydroxyl groups excluding tert-OH is 10. The number of aliphatic hydroxyl groups is 10. The van der Waals surface area contributed by atoms with Gasteiger partial charge >= 0.3 is 0 Å². The quantitative estimate of drug-likeness (QED) is 0.0465. The molecule has 6 saturated heterocycles. The maximum atomic E-state index is 12.6. The topological polar surface area (TPSA) is 483 Å². The molecule has 0 saturated carbocycles. The molecule has 14 N–H and O–H groups in total. The molecule has 9 rings (SSSR count). The molecule has 3 unspecified atom stereocenters. The van der Waals surface area contributed by atoms with E-state index >= 15 is 0 Å². The number of sulfonamides is 3. The highest BCUT2D eigenvalue weighted by Crippen LogP contribution is 2.28. The number of hydrogen-bond donors (Lipinski definition) is 14. The van der Waals surface area contributed by atoms with Gasteiger partial charge < -0.3 is 94.8 Å². The number of nitrogens with zero attached hydrogens (tertiary/aromatic N) is 7. The van der Waals surface area contributed by atoms with Gasteiger partial charge in [-0.1, -0.05) is 50.2 Å². The van der Waals surface area contributed by atoms with Gasteiger partial charge in [0.15, 0.2) is 33.6 Å². The van der Waals surface area contributed by atoms with Crippen molar-refractivity contribution in [3.63, 3.8) is 0 Å². The van der Waals surface area contributed by atoms with Crippen LogP contribution in [0.2, 0.25) is 0 Å². The van der Waals surface area contributed by atoms with Crippen molar-refractivity contribution >= 4 is 65.4 Å². The first-order valence-corrected chi connectivity index (χ1v) is 35.7. The van der Waals surface area contributed by atoms with Gasteiger partial charge in [0.2, 0.25) is 0 Å². The first-order chi connectivity index (χ1) is 46.1. The van der Waals surface area contributed by atoms with Crippen LogP contribution >= 0.6 is 0 Å². The maximum Gasteiger partial charge on any atom is 0.250 e. The summed E-state index contributed by atoms with van der Waals surface area (Å²) >= 11 is 0. The van der Waals surface area contributed by atoms with Crippen LogP contribution in [-0.4, -0.2) is 285 Å². The lowest BCUT2D eigenvalue weighted by Gasteiger charge is -2.39. The predicted octanol–water partition coefficient (Wildman–Crippen LogP) is -3.31. The summed E-state index contributed by atoms with van der Waals surface area (Å²) in [6.45, 7) is 13.1. The van der Waals surface area contributed by atoms with Gasteiger partial charge in [-0.05, 0) is 78.4 Å². The second kappa shape index (κ2) is 36.2. The molecule has 3 aromatic carbocycles. The molecular formula is C62H87N11O21S3. The summed E-state index contributed by atoms with van der Waals surface area (Å²) in [6, 6.07) is 26.3. The second-order valence-electron chi connectivity index (χ2n) is 23.8. The van der Waals surface area contributed by atoms with E-state index in [0.717, 1.165) is 95.7 Å². The molecule has 0 aromatic heterocycles. The number of hydrogen-bond acceptors (Lipinski definition) is 29. The molecule has 0 spiro atoms. The minimum atomic E-state index is -4.26. The standard InChI is InChI=1S/C22H32N4O7S.C20H28N4O7S.C20H27N3O7S/c1-15-20(27)21(28)19(33-22(15)29)14-25-34(30,31)18(13-23)12-16-2-4-17(5-3-16)24-6-7-26-8-10-32-11-9-26;1-23-6-8-24(9-7-23)14-4-2-13(3-5-14)10-15(11-21)32(29,30)22-12-16-17(25)18(26)19(27)20(28)31-16;1-13-18(24)19(25)17(30-20(13)26)12-22-31(27,28)16(11-21)10-14-2-4-15(5-3-14)23-6-8-29-9-7-23/h2-5,12,15,19-22,24-25,27-29H,6-11,14H2,1H3;2-5,10,16-20,22,25-28H,6-9,12H2,1H3;2-5,10,13,17-20,22,24-26H,6-9,12H2,1H3/b18-12+;15-10+;16-10+/t15-,19-,20-,21-,22?;16-,17-,18+,19-,20?;13-,17-,18-,19-,20?/m111/s1. The van der Waals surface area contributed by atoms with Gasteiger partial charge in [0, 0.05) is 114 Å². The number of likely N-dealkylation sites (N-methyl/N-ethyl adjacent to an activating group) is 1. The monoisotopic (exact) mass is 1420 g/mol. The molecule has 0 amide bonds. The largest absolute Gasteiger partial charge is 0.390 e. The number of ether oxygens (including phenoxy) is 5. The number of benzene rings is 3. The Morgan fingerprint density at radius 3 is 1.19 bits per heavy atom. The van der Waals surface area contributed by atoms with E-state index in [2.05, 4.69) is 46.1 Å². The lowest BCUT2D eigenvalue weighted by molar-refractivity contribution is -0.279. The van der Waals surface area contributed by atoms with E-state index in [1.54, 1.807) is 66.7 Å². The van der Waals surface area contributed by atoms with E-state index in [9.17, 15) is 92.1 Å². The highest BCUT2D eigenvalue weighted by molar-refractivity contribution is 7.94. The summed E-state index contributed by atoms with van der Waals surface area (Å²) in [4.78, 5) is 7.37. The van der Waals surface area contributed by atoms with E-state index in [-0.39, 0.29) is 0 Å². The first kappa shape index (κ1) is 78.1. The third-order valence-electron chi connectivity index (χ3n) is 17.1. The zero-order valence-corrected chi connectivity index (χ0v) is 56.1. The van der Waals surface area contributed by atoms with Crippen molar-refractivity contribution in [3.05, 3.63) is 104 Å². The highest BCUT2D eigenvalue weighted by Gasteiger charge is 2.45. The summed E-state index contributed by atoms with van der Waals surface area (Å²) in [6.07, 6.45) is -14.8. The van der Waals surface area contributed by atoms with E-state index in [4.69, 9.17) is 23.7 Å². The van der Waals surface area contributed by atoms with Gasteiger partial charge in [0.1, 0.15) is 67.0 Å². The summed E-state index contributed by atoms with van der Waals surface area (Å²) in [7, 11) is -10.6. The molecule has 97 heavy (non-hydrogen) atoms. The summed E-state index contributed by atoms with van der Waals surface area (Å²) in [5, 5.41) is 130. The number of anilines is 3. The van der Waals surface area contributed by atoms with Gasteiger partial charge in [-0.2, -0.15) is 15.8 Å². The highest BCUT2D eigenvalue weighted by atomic mass is 32.2. The SMILES string of the molecule is CN1CCN(c2ccc(/C=C(\C#N)S(=O)(=O)NC[C@H]3OC(O)[C@H](O)[C@@H](O)[C@@H]3O)cc2)CC1.C[C@H]1C(O)O[C@H](CNS(=O)(=O)/C(C#N)=C/c2ccc(N3CCOCC3)cc2)[C@@H](O)[C@@H]1O.C[C@H]1C(O)O[C@H](CNS(=O)(=O)/C(C#N)=C/c2ccc(NCCN3CCOCC3)cc2)[C@@H](O)[C@@H]1O. The van der Waals surface area contributed by atoms with E-state index in [1.807, 2.05) is 24.3 Å². The van der Waals surface area contributed by atoms with Crippen molar-refractivity contribution < 1.29 is 100 Å². The Hall–Kier alpha value is -6.20. The molecule has 6 fully saturated rings.